The van der Waals surface area contributed by atoms with Crippen molar-refractivity contribution in [3.8, 4) is 0 Å². The average molecular weight is 471 g/mol. The summed E-state index contributed by atoms with van der Waals surface area (Å²) in [6.07, 6.45) is 0. The van der Waals surface area contributed by atoms with Crippen LogP contribution in [-0.4, -0.2) is 25.8 Å². The monoisotopic (exact) mass is 470 g/mol. The van der Waals surface area contributed by atoms with E-state index in [9.17, 15) is 14.4 Å². The molecular weight excluding hydrogens is 440 g/mol. The summed E-state index contributed by atoms with van der Waals surface area (Å²) in [5.41, 5.74) is 3.93. The van der Waals surface area contributed by atoms with Gasteiger partial charge in [0, 0.05) is 25.7 Å². The quantitative estimate of drug-likeness (QED) is 0.410. The number of aromatic nitrogens is 2. The minimum atomic E-state index is -0.286. The number of imidazole rings is 1. The number of benzene rings is 3. The van der Waals surface area contributed by atoms with Crippen molar-refractivity contribution in [3.05, 3.63) is 100 Å². The van der Waals surface area contributed by atoms with Crippen LogP contribution in [0.1, 0.15) is 37.9 Å². The van der Waals surface area contributed by atoms with E-state index in [1.54, 1.807) is 14.0 Å². The summed E-state index contributed by atoms with van der Waals surface area (Å²) in [5, 5.41) is 2.80. The Morgan fingerprint density at radius 1 is 0.914 bits per heavy atom. The van der Waals surface area contributed by atoms with Gasteiger partial charge in [-0.2, -0.15) is 0 Å². The van der Waals surface area contributed by atoms with Gasteiger partial charge in [0.25, 0.3) is 0 Å². The number of para-hydroxylation sites is 2. The Balaban J connectivity index is 1.70. The lowest BCUT2D eigenvalue weighted by Gasteiger charge is -2.30. The van der Waals surface area contributed by atoms with E-state index in [4.69, 9.17) is 0 Å². The van der Waals surface area contributed by atoms with E-state index in [0.29, 0.717) is 18.8 Å². The van der Waals surface area contributed by atoms with E-state index in [-0.39, 0.29) is 30.1 Å². The maximum Gasteiger partial charge on any atom is 0.329 e. The molecule has 1 N–H and O–H groups in total. The number of carbonyl (C=O) groups excluding carboxylic acids is 2. The first kappa shape index (κ1) is 24.0. The number of nitrogens with zero attached hydrogens (tertiary/aromatic N) is 3. The molecule has 35 heavy (non-hydrogen) atoms. The maximum absolute atomic E-state index is 13.8. The van der Waals surface area contributed by atoms with Gasteiger partial charge in [-0.3, -0.25) is 18.7 Å². The van der Waals surface area contributed by atoms with Crippen molar-refractivity contribution in [1.82, 2.24) is 14.0 Å². The van der Waals surface area contributed by atoms with Gasteiger partial charge in [0.05, 0.1) is 17.1 Å². The fourth-order valence-electron chi connectivity index (χ4n) is 4.44. The van der Waals surface area contributed by atoms with E-state index in [0.717, 1.165) is 22.2 Å². The molecule has 4 rings (SSSR count). The minimum absolute atomic E-state index is 0.0606. The fraction of sp³-hybridized carbons (Fsp3) is 0.250. The number of carbonyl (C=O) groups is 2. The number of nitrogens with one attached hydrogen (secondary N) is 1. The van der Waals surface area contributed by atoms with E-state index in [2.05, 4.69) is 5.32 Å². The highest BCUT2D eigenvalue weighted by atomic mass is 16.2. The minimum Gasteiger partial charge on any atom is -0.330 e. The van der Waals surface area contributed by atoms with Gasteiger partial charge in [0.1, 0.15) is 6.54 Å². The summed E-state index contributed by atoms with van der Waals surface area (Å²) in [7, 11) is 0. The van der Waals surface area contributed by atoms with Crippen molar-refractivity contribution in [3.63, 3.8) is 0 Å². The highest BCUT2D eigenvalue weighted by Crippen LogP contribution is 2.26. The van der Waals surface area contributed by atoms with Crippen LogP contribution in [0.4, 0.5) is 5.69 Å². The van der Waals surface area contributed by atoms with E-state index < -0.39 is 0 Å². The lowest BCUT2D eigenvalue weighted by Crippen LogP contribution is -2.38. The van der Waals surface area contributed by atoms with Crippen molar-refractivity contribution in [2.45, 2.75) is 46.4 Å². The van der Waals surface area contributed by atoms with Crippen LogP contribution in [-0.2, 0) is 29.2 Å². The molecule has 1 heterocycles. The Hall–Kier alpha value is -4.13. The number of hydrogen-bond acceptors (Lipinski definition) is 3. The van der Waals surface area contributed by atoms with Crippen molar-refractivity contribution in [2.75, 3.05) is 5.32 Å². The molecule has 2 amide bonds. The second-order valence-corrected chi connectivity index (χ2v) is 8.59. The highest BCUT2D eigenvalue weighted by molar-refractivity contribution is 5.88. The molecule has 0 saturated carbocycles. The zero-order chi connectivity index (χ0) is 24.9. The Kier molecular flexibility index (Phi) is 7.15. The molecule has 0 fully saturated rings. The van der Waals surface area contributed by atoms with Crippen LogP contribution in [0.15, 0.2) is 83.7 Å². The van der Waals surface area contributed by atoms with E-state index in [1.165, 1.54) is 6.92 Å². The third kappa shape index (κ3) is 5.19. The largest absolute Gasteiger partial charge is 0.330 e. The molecular formula is C28H30N4O3. The smallest absolute Gasteiger partial charge is 0.329 e. The molecule has 7 nitrogen and oxygen atoms in total. The fourth-order valence-corrected chi connectivity index (χ4v) is 4.44. The first-order valence-electron chi connectivity index (χ1n) is 11.8. The van der Waals surface area contributed by atoms with Gasteiger partial charge in [0.15, 0.2) is 0 Å². The normalized spacial score (nSPS) is 11.9. The number of amides is 2. The summed E-state index contributed by atoms with van der Waals surface area (Å²) in [6, 6.07) is 24.6. The van der Waals surface area contributed by atoms with Crippen LogP contribution >= 0.6 is 0 Å². The first-order chi connectivity index (χ1) is 16.9. The standard InChI is InChI=1S/C28H30N4O3/c1-4-30-25-15-8-9-16-26(25)32(28(30)35)19-27(34)31(18-22-11-6-5-7-12-22)20(2)23-13-10-14-24(17-23)29-21(3)33/h5-17,20H,4,18-19H2,1-3H3,(H,29,33). The highest BCUT2D eigenvalue weighted by Gasteiger charge is 2.24. The molecule has 3 aromatic carbocycles. The third-order valence-corrected chi connectivity index (χ3v) is 6.21. The number of anilines is 1. The first-order valence-corrected chi connectivity index (χ1v) is 11.8. The predicted molar refractivity (Wildman–Crippen MR) is 138 cm³/mol. The SMILES string of the molecule is CCn1c(=O)n(CC(=O)N(Cc2ccccc2)C(C)c2cccc(NC(C)=O)c2)c2ccccc21. The zero-order valence-corrected chi connectivity index (χ0v) is 20.3. The third-order valence-electron chi connectivity index (χ3n) is 6.21. The maximum atomic E-state index is 13.8. The molecule has 0 aliphatic carbocycles. The molecule has 0 bridgehead atoms. The second kappa shape index (κ2) is 10.4. The molecule has 0 spiro atoms. The topological polar surface area (TPSA) is 76.3 Å². The summed E-state index contributed by atoms with van der Waals surface area (Å²) in [5.74, 6) is -0.314. The number of rotatable bonds is 8. The number of hydrogen-bond donors (Lipinski definition) is 1. The van der Waals surface area contributed by atoms with Crippen molar-refractivity contribution in [1.29, 1.82) is 0 Å². The van der Waals surface area contributed by atoms with Gasteiger partial charge in [0.2, 0.25) is 11.8 Å². The molecule has 7 heteroatoms. The summed E-state index contributed by atoms with van der Waals surface area (Å²) >= 11 is 0. The molecule has 0 aliphatic rings. The molecule has 180 valence electrons. The van der Waals surface area contributed by atoms with E-state index >= 15 is 0 Å². The Labute approximate surface area is 204 Å². The summed E-state index contributed by atoms with van der Waals surface area (Å²) in [6.45, 7) is 6.21. The van der Waals surface area contributed by atoms with Crippen LogP contribution in [0.25, 0.3) is 11.0 Å². The Morgan fingerprint density at radius 3 is 2.23 bits per heavy atom. The Bertz CT molecular complexity index is 1400. The molecule has 0 radical (unpaired) electrons. The molecule has 0 saturated heterocycles. The molecule has 1 aromatic heterocycles. The van der Waals surface area contributed by atoms with Gasteiger partial charge in [-0.15, -0.1) is 0 Å². The zero-order valence-electron chi connectivity index (χ0n) is 20.3. The molecule has 4 aromatic rings. The molecule has 1 unspecified atom stereocenters. The van der Waals surface area contributed by atoms with Gasteiger partial charge in [-0.25, -0.2) is 4.79 Å². The molecule has 1 atom stereocenters. The van der Waals surface area contributed by atoms with E-state index in [1.807, 2.05) is 92.7 Å². The predicted octanol–water partition coefficient (Wildman–Crippen LogP) is 4.57. The lowest BCUT2D eigenvalue weighted by molar-refractivity contribution is -0.134. The average Bonchev–Trinajstić information content (AvgIpc) is 3.13. The van der Waals surface area contributed by atoms with Crippen LogP contribution in [0, 0.1) is 0 Å². The van der Waals surface area contributed by atoms with Crippen LogP contribution in [0.5, 0.6) is 0 Å². The van der Waals surface area contributed by atoms with Crippen molar-refractivity contribution < 1.29 is 9.59 Å². The van der Waals surface area contributed by atoms with Crippen molar-refractivity contribution in [2.24, 2.45) is 0 Å². The van der Waals surface area contributed by atoms with Gasteiger partial charge in [-0.05, 0) is 49.2 Å². The second-order valence-electron chi connectivity index (χ2n) is 8.59. The molecule has 0 aliphatic heterocycles. The number of fused-ring (bicyclic) bond motifs is 1. The summed E-state index contributed by atoms with van der Waals surface area (Å²) in [4.78, 5) is 40.2. The lowest BCUT2D eigenvalue weighted by atomic mass is 10.0. The summed E-state index contributed by atoms with van der Waals surface area (Å²) < 4.78 is 3.24. The van der Waals surface area contributed by atoms with Crippen LogP contribution in [0.2, 0.25) is 0 Å². The van der Waals surface area contributed by atoms with Gasteiger partial charge >= 0.3 is 5.69 Å². The van der Waals surface area contributed by atoms with Crippen molar-refractivity contribution >= 4 is 28.5 Å². The van der Waals surface area contributed by atoms with Gasteiger partial charge < -0.3 is 10.2 Å². The van der Waals surface area contributed by atoms with Crippen LogP contribution < -0.4 is 11.0 Å². The Morgan fingerprint density at radius 2 is 1.57 bits per heavy atom. The van der Waals surface area contributed by atoms with Crippen LogP contribution in [0.3, 0.4) is 0 Å². The number of aryl methyl sites for hydroxylation is 1. The van der Waals surface area contributed by atoms with Gasteiger partial charge in [-0.1, -0.05) is 54.6 Å².